The Morgan fingerprint density at radius 3 is 2.48 bits per heavy atom. The van der Waals surface area contributed by atoms with Crippen LogP contribution in [0.4, 0.5) is 4.39 Å². The molecule has 0 spiro atoms. The van der Waals surface area contributed by atoms with Gasteiger partial charge in [-0.3, -0.25) is 4.79 Å². The summed E-state index contributed by atoms with van der Waals surface area (Å²) in [7, 11) is 0. The number of ether oxygens (including phenoxy) is 2. The molecule has 33 heavy (non-hydrogen) atoms. The lowest BCUT2D eigenvalue weighted by Gasteiger charge is -2.12. The largest absolute Gasteiger partial charge is 0.488 e. The summed E-state index contributed by atoms with van der Waals surface area (Å²) in [6.07, 6.45) is 1.54. The van der Waals surface area contributed by atoms with E-state index in [1.165, 1.54) is 12.1 Å². The minimum Gasteiger partial charge on any atom is -0.488 e. The summed E-state index contributed by atoms with van der Waals surface area (Å²) >= 11 is 5.84. The third-order valence-corrected chi connectivity index (χ3v) is 5.06. The maximum absolute atomic E-state index is 13.2. The quantitative estimate of drug-likeness (QED) is 0.268. The van der Waals surface area contributed by atoms with Gasteiger partial charge in [0.05, 0.1) is 6.21 Å². The van der Waals surface area contributed by atoms with Crippen molar-refractivity contribution in [3.05, 3.63) is 107 Å². The fourth-order valence-corrected chi connectivity index (χ4v) is 3.28. The van der Waals surface area contributed by atoms with Crippen molar-refractivity contribution in [2.75, 3.05) is 6.61 Å². The molecule has 7 heteroatoms. The number of hydrazone groups is 1. The molecular formula is C26H20ClFN2O3. The normalized spacial score (nSPS) is 11.0. The van der Waals surface area contributed by atoms with Crippen molar-refractivity contribution in [3.63, 3.8) is 0 Å². The zero-order valence-electron chi connectivity index (χ0n) is 17.5. The smallest absolute Gasteiger partial charge is 0.277 e. The van der Waals surface area contributed by atoms with E-state index < -0.39 is 5.91 Å². The molecule has 0 radical (unpaired) electrons. The third kappa shape index (κ3) is 6.08. The van der Waals surface area contributed by atoms with Crippen LogP contribution in [0.1, 0.15) is 11.1 Å². The van der Waals surface area contributed by atoms with E-state index in [0.717, 1.165) is 16.3 Å². The Hall–Kier alpha value is -3.90. The van der Waals surface area contributed by atoms with Crippen molar-refractivity contribution in [2.45, 2.75) is 6.61 Å². The highest BCUT2D eigenvalue weighted by atomic mass is 35.5. The van der Waals surface area contributed by atoms with Crippen LogP contribution in [0.3, 0.4) is 0 Å². The highest BCUT2D eigenvalue weighted by Gasteiger charge is 2.09. The first-order valence-electron chi connectivity index (χ1n) is 10.2. The number of nitrogens with one attached hydrogen (secondary N) is 1. The summed E-state index contributed by atoms with van der Waals surface area (Å²) in [6, 6.07) is 24.4. The Bertz CT molecular complexity index is 1280. The molecule has 0 saturated carbocycles. The Morgan fingerprint density at radius 1 is 0.939 bits per heavy atom. The van der Waals surface area contributed by atoms with E-state index in [0.29, 0.717) is 22.1 Å². The average Bonchev–Trinajstić information content (AvgIpc) is 2.84. The number of halogens is 2. The van der Waals surface area contributed by atoms with Gasteiger partial charge in [-0.1, -0.05) is 54.1 Å². The lowest BCUT2D eigenvalue weighted by Crippen LogP contribution is -2.24. The summed E-state index contributed by atoms with van der Waals surface area (Å²) in [6.45, 7) is 0.0726. The van der Waals surface area contributed by atoms with Crippen molar-refractivity contribution in [3.8, 4) is 11.5 Å². The van der Waals surface area contributed by atoms with Gasteiger partial charge in [-0.15, -0.1) is 0 Å². The number of carbonyl (C=O) groups excluding carboxylic acids is 1. The van der Waals surface area contributed by atoms with Gasteiger partial charge >= 0.3 is 0 Å². The van der Waals surface area contributed by atoms with Crippen molar-refractivity contribution in [1.82, 2.24) is 5.43 Å². The maximum atomic E-state index is 13.2. The van der Waals surface area contributed by atoms with Crippen LogP contribution in [0, 0.1) is 5.82 Å². The second kappa shape index (κ2) is 10.6. The minimum atomic E-state index is -0.407. The monoisotopic (exact) mass is 462 g/mol. The van der Waals surface area contributed by atoms with Gasteiger partial charge in [0.1, 0.15) is 23.9 Å². The molecule has 4 aromatic carbocycles. The Labute approximate surface area is 195 Å². The van der Waals surface area contributed by atoms with Crippen LogP contribution in [0.5, 0.6) is 11.5 Å². The second-order valence-corrected chi connectivity index (χ2v) is 7.59. The van der Waals surface area contributed by atoms with E-state index in [4.69, 9.17) is 21.1 Å². The van der Waals surface area contributed by atoms with Gasteiger partial charge in [-0.2, -0.15) is 5.10 Å². The van der Waals surface area contributed by atoms with Crippen molar-refractivity contribution in [2.24, 2.45) is 5.10 Å². The van der Waals surface area contributed by atoms with Crippen molar-refractivity contribution < 1.29 is 18.7 Å². The summed E-state index contributed by atoms with van der Waals surface area (Å²) in [5.74, 6) is 0.417. The molecule has 0 aliphatic carbocycles. The Kier molecular flexibility index (Phi) is 7.17. The molecule has 0 saturated heterocycles. The third-order valence-electron chi connectivity index (χ3n) is 4.80. The predicted octanol–water partition coefficient (Wildman–Crippen LogP) is 5.74. The summed E-state index contributed by atoms with van der Waals surface area (Å²) in [5.41, 5.74) is 4.02. The summed E-state index contributed by atoms with van der Waals surface area (Å²) < 4.78 is 24.6. The maximum Gasteiger partial charge on any atom is 0.277 e. The van der Waals surface area contributed by atoms with E-state index in [2.05, 4.69) is 10.5 Å². The first kappa shape index (κ1) is 22.3. The number of amides is 1. The summed E-state index contributed by atoms with van der Waals surface area (Å²) in [4.78, 5) is 12.1. The standard InChI is InChI=1S/C26H20ClFN2O3/c27-20-8-12-22(13-9-20)32-17-26(31)30-29-15-24-23-4-2-1-3-19(23)7-14-25(24)33-16-18-5-10-21(28)11-6-18/h1-15H,16-17H2,(H,30,31)/b29-15+. The molecule has 5 nitrogen and oxygen atoms in total. The molecule has 1 N–H and O–H groups in total. The highest BCUT2D eigenvalue weighted by Crippen LogP contribution is 2.27. The molecule has 0 fully saturated rings. The fraction of sp³-hybridized carbons (Fsp3) is 0.0769. The lowest BCUT2D eigenvalue weighted by atomic mass is 10.0. The Balaban J connectivity index is 1.45. The van der Waals surface area contributed by atoms with Crippen LogP contribution in [0.15, 0.2) is 90.0 Å². The fourth-order valence-electron chi connectivity index (χ4n) is 3.16. The molecule has 0 atom stereocenters. The van der Waals surface area contributed by atoms with Crippen LogP contribution in [0.25, 0.3) is 10.8 Å². The molecular weight excluding hydrogens is 443 g/mol. The van der Waals surface area contributed by atoms with Gasteiger partial charge in [0.25, 0.3) is 5.91 Å². The minimum absolute atomic E-state index is 0.192. The van der Waals surface area contributed by atoms with Crippen molar-refractivity contribution in [1.29, 1.82) is 0 Å². The number of fused-ring (bicyclic) bond motifs is 1. The lowest BCUT2D eigenvalue weighted by molar-refractivity contribution is -0.123. The highest BCUT2D eigenvalue weighted by molar-refractivity contribution is 6.30. The van der Waals surface area contributed by atoms with Gasteiger partial charge in [-0.25, -0.2) is 9.82 Å². The number of hydrogen-bond donors (Lipinski definition) is 1. The van der Waals surface area contributed by atoms with E-state index >= 15 is 0 Å². The van der Waals surface area contributed by atoms with E-state index in [-0.39, 0.29) is 19.0 Å². The molecule has 0 aromatic heterocycles. The van der Waals surface area contributed by atoms with Crippen LogP contribution in [-0.2, 0) is 11.4 Å². The zero-order valence-corrected chi connectivity index (χ0v) is 18.3. The molecule has 0 aliphatic heterocycles. The number of nitrogens with zero attached hydrogens (tertiary/aromatic N) is 1. The van der Waals surface area contributed by atoms with Crippen molar-refractivity contribution >= 4 is 34.5 Å². The van der Waals surface area contributed by atoms with Gasteiger partial charge in [0.2, 0.25) is 0 Å². The molecule has 166 valence electrons. The molecule has 0 bridgehead atoms. The molecule has 4 rings (SSSR count). The van der Waals surface area contributed by atoms with Gasteiger partial charge in [-0.05, 0) is 58.8 Å². The number of rotatable bonds is 8. The van der Waals surface area contributed by atoms with Crippen LogP contribution < -0.4 is 14.9 Å². The summed E-state index contributed by atoms with van der Waals surface area (Å²) in [5, 5.41) is 6.60. The molecule has 0 unspecified atom stereocenters. The zero-order chi connectivity index (χ0) is 23.0. The van der Waals surface area contributed by atoms with Crippen LogP contribution >= 0.6 is 11.6 Å². The topological polar surface area (TPSA) is 59.9 Å². The molecule has 0 heterocycles. The first-order valence-corrected chi connectivity index (χ1v) is 10.6. The SMILES string of the molecule is O=C(COc1ccc(Cl)cc1)N/N=C/c1c(OCc2ccc(F)cc2)ccc2ccccc12. The molecule has 0 aliphatic rings. The number of benzene rings is 4. The van der Waals surface area contributed by atoms with Gasteiger partial charge in [0, 0.05) is 10.6 Å². The van der Waals surface area contributed by atoms with Crippen LogP contribution in [-0.4, -0.2) is 18.7 Å². The van der Waals surface area contributed by atoms with Gasteiger partial charge in [0.15, 0.2) is 6.61 Å². The predicted molar refractivity (Wildman–Crippen MR) is 127 cm³/mol. The number of carbonyl (C=O) groups is 1. The first-order chi connectivity index (χ1) is 16.1. The second-order valence-electron chi connectivity index (χ2n) is 7.15. The van der Waals surface area contributed by atoms with E-state index in [9.17, 15) is 9.18 Å². The van der Waals surface area contributed by atoms with E-state index in [1.807, 2.05) is 36.4 Å². The molecule has 1 amide bonds. The Morgan fingerprint density at radius 2 is 1.70 bits per heavy atom. The van der Waals surface area contributed by atoms with Crippen LogP contribution in [0.2, 0.25) is 5.02 Å². The number of hydrogen-bond acceptors (Lipinski definition) is 4. The van der Waals surface area contributed by atoms with E-state index in [1.54, 1.807) is 42.6 Å². The van der Waals surface area contributed by atoms with Gasteiger partial charge < -0.3 is 9.47 Å². The molecule has 4 aromatic rings. The average molecular weight is 463 g/mol.